The Balaban J connectivity index is 3.14. The molecular weight excluding hydrogens is 240 g/mol. The van der Waals surface area contributed by atoms with Crippen molar-refractivity contribution in [1.82, 2.24) is 4.90 Å². The first kappa shape index (κ1) is 16.0. The van der Waals surface area contributed by atoms with Crippen LogP contribution in [-0.2, 0) is 0 Å². The van der Waals surface area contributed by atoms with Crippen LogP contribution in [0.25, 0.3) is 0 Å². The predicted octanol–water partition coefficient (Wildman–Crippen LogP) is 1.79. The summed E-state index contributed by atoms with van der Waals surface area (Å²) in [5.41, 5.74) is 7.39. The van der Waals surface area contributed by atoms with Crippen molar-refractivity contribution >= 4 is 0 Å². The number of methoxy groups -OCH3 is 1. The van der Waals surface area contributed by atoms with Crippen molar-refractivity contribution in [2.24, 2.45) is 5.73 Å². The molecule has 0 saturated carbocycles. The fourth-order valence-corrected chi connectivity index (χ4v) is 2.45. The average Bonchev–Trinajstić information content (AvgIpc) is 2.46. The van der Waals surface area contributed by atoms with Crippen LogP contribution in [0.2, 0.25) is 0 Å². The molecule has 0 saturated heterocycles. The molecule has 1 rings (SSSR count). The number of aliphatic hydroxyl groups is 1. The van der Waals surface area contributed by atoms with E-state index >= 15 is 0 Å². The summed E-state index contributed by atoms with van der Waals surface area (Å²) >= 11 is 0. The number of para-hydroxylation sites is 1. The SMILES string of the molecule is CCC(N)C(c1ccccc1OC)N(CC)CCO. The maximum Gasteiger partial charge on any atom is 0.123 e. The van der Waals surface area contributed by atoms with Gasteiger partial charge in [0.1, 0.15) is 5.75 Å². The number of ether oxygens (including phenoxy) is 1. The van der Waals surface area contributed by atoms with E-state index in [0.29, 0.717) is 6.54 Å². The molecular formula is C15H26N2O2. The molecule has 1 aromatic rings. The summed E-state index contributed by atoms with van der Waals surface area (Å²) in [5, 5.41) is 9.23. The van der Waals surface area contributed by atoms with Crippen LogP contribution in [0, 0.1) is 0 Å². The highest BCUT2D eigenvalue weighted by Gasteiger charge is 2.26. The quantitative estimate of drug-likeness (QED) is 0.753. The molecule has 0 heterocycles. The Hall–Kier alpha value is -1.10. The number of rotatable bonds is 8. The van der Waals surface area contributed by atoms with Gasteiger partial charge < -0.3 is 15.6 Å². The summed E-state index contributed by atoms with van der Waals surface area (Å²) in [6.07, 6.45) is 0.880. The molecule has 2 atom stereocenters. The zero-order valence-electron chi connectivity index (χ0n) is 12.2. The number of aliphatic hydroxyl groups excluding tert-OH is 1. The average molecular weight is 266 g/mol. The number of nitrogens with two attached hydrogens (primary N) is 1. The van der Waals surface area contributed by atoms with E-state index in [0.717, 1.165) is 24.3 Å². The summed E-state index contributed by atoms with van der Waals surface area (Å²) in [7, 11) is 1.68. The molecule has 0 bridgehead atoms. The Morgan fingerprint density at radius 2 is 2.00 bits per heavy atom. The highest BCUT2D eigenvalue weighted by Crippen LogP contribution is 2.31. The third-order valence-corrected chi connectivity index (χ3v) is 3.52. The standard InChI is InChI=1S/C15H26N2O2/c1-4-13(16)15(17(5-2)10-11-18)12-8-6-7-9-14(12)19-3/h6-9,13,15,18H,4-5,10-11,16H2,1-3H3. The molecule has 4 nitrogen and oxygen atoms in total. The van der Waals surface area contributed by atoms with Gasteiger partial charge in [-0.3, -0.25) is 4.90 Å². The summed E-state index contributed by atoms with van der Waals surface area (Å²) < 4.78 is 5.45. The topological polar surface area (TPSA) is 58.7 Å². The number of hydrogen-bond acceptors (Lipinski definition) is 4. The lowest BCUT2D eigenvalue weighted by molar-refractivity contribution is 0.136. The monoisotopic (exact) mass is 266 g/mol. The van der Waals surface area contributed by atoms with Crippen molar-refractivity contribution < 1.29 is 9.84 Å². The van der Waals surface area contributed by atoms with Crippen LogP contribution in [0.15, 0.2) is 24.3 Å². The van der Waals surface area contributed by atoms with Gasteiger partial charge in [-0.1, -0.05) is 32.0 Å². The molecule has 0 amide bonds. The number of benzene rings is 1. The van der Waals surface area contributed by atoms with E-state index in [1.165, 1.54) is 0 Å². The van der Waals surface area contributed by atoms with E-state index in [1.54, 1.807) is 7.11 Å². The lowest BCUT2D eigenvalue weighted by atomic mass is 9.95. The van der Waals surface area contributed by atoms with Crippen LogP contribution >= 0.6 is 0 Å². The van der Waals surface area contributed by atoms with E-state index < -0.39 is 0 Å². The second-order valence-electron chi connectivity index (χ2n) is 4.61. The summed E-state index contributed by atoms with van der Waals surface area (Å²) in [6.45, 7) is 5.76. The van der Waals surface area contributed by atoms with Crippen molar-refractivity contribution in [2.45, 2.75) is 32.4 Å². The predicted molar refractivity (Wildman–Crippen MR) is 78.3 cm³/mol. The van der Waals surface area contributed by atoms with Gasteiger partial charge in [-0.2, -0.15) is 0 Å². The number of likely N-dealkylation sites (N-methyl/N-ethyl adjacent to an activating group) is 1. The molecule has 2 unspecified atom stereocenters. The molecule has 108 valence electrons. The summed E-state index contributed by atoms with van der Waals surface area (Å²) in [4.78, 5) is 2.20. The maximum absolute atomic E-state index is 9.23. The Morgan fingerprint density at radius 3 is 2.53 bits per heavy atom. The first-order valence-corrected chi connectivity index (χ1v) is 6.92. The number of hydrogen-bond donors (Lipinski definition) is 2. The molecule has 3 N–H and O–H groups in total. The zero-order chi connectivity index (χ0) is 14.3. The van der Waals surface area contributed by atoms with E-state index in [-0.39, 0.29) is 18.7 Å². The highest BCUT2D eigenvalue weighted by molar-refractivity contribution is 5.36. The first-order valence-electron chi connectivity index (χ1n) is 6.92. The summed E-state index contributed by atoms with van der Waals surface area (Å²) in [6, 6.07) is 8.05. The van der Waals surface area contributed by atoms with Crippen LogP contribution in [-0.4, -0.2) is 42.9 Å². The van der Waals surface area contributed by atoms with Crippen molar-refractivity contribution in [3.05, 3.63) is 29.8 Å². The first-order chi connectivity index (χ1) is 9.19. The van der Waals surface area contributed by atoms with E-state index in [2.05, 4.69) is 24.8 Å². The molecule has 1 aromatic carbocycles. The molecule has 0 fully saturated rings. The van der Waals surface area contributed by atoms with Gasteiger partial charge in [0, 0.05) is 18.2 Å². The molecule has 0 aliphatic rings. The van der Waals surface area contributed by atoms with E-state index in [1.807, 2.05) is 18.2 Å². The molecule has 0 radical (unpaired) electrons. The fourth-order valence-electron chi connectivity index (χ4n) is 2.45. The molecule has 0 aliphatic heterocycles. The van der Waals surface area contributed by atoms with Gasteiger partial charge in [-0.15, -0.1) is 0 Å². The normalized spacial score (nSPS) is 14.4. The second kappa shape index (κ2) is 8.15. The van der Waals surface area contributed by atoms with Gasteiger partial charge in [0.2, 0.25) is 0 Å². The Morgan fingerprint density at radius 1 is 1.32 bits per heavy atom. The van der Waals surface area contributed by atoms with Crippen molar-refractivity contribution in [3.8, 4) is 5.75 Å². The van der Waals surface area contributed by atoms with Crippen molar-refractivity contribution in [2.75, 3.05) is 26.8 Å². The van der Waals surface area contributed by atoms with E-state index in [9.17, 15) is 5.11 Å². The maximum atomic E-state index is 9.23. The minimum Gasteiger partial charge on any atom is -0.496 e. The molecule has 0 spiro atoms. The van der Waals surface area contributed by atoms with Crippen molar-refractivity contribution in [1.29, 1.82) is 0 Å². The minimum atomic E-state index is 0.0165. The van der Waals surface area contributed by atoms with Gasteiger partial charge >= 0.3 is 0 Å². The molecule has 0 aromatic heterocycles. The number of nitrogens with zero attached hydrogens (tertiary/aromatic N) is 1. The van der Waals surface area contributed by atoms with Gasteiger partial charge in [0.05, 0.1) is 19.8 Å². The van der Waals surface area contributed by atoms with Crippen LogP contribution in [0.4, 0.5) is 0 Å². The molecule has 0 aliphatic carbocycles. The molecule has 4 heteroatoms. The van der Waals surface area contributed by atoms with Crippen LogP contribution < -0.4 is 10.5 Å². The van der Waals surface area contributed by atoms with Crippen molar-refractivity contribution in [3.63, 3.8) is 0 Å². The lowest BCUT2D eigenvalue weighted by Crippen LogP contribution is -2.42. The van der Waals surface area contributed by atoms with Crippen LogP contribution in [0.1, 0.15) is 31.9 Å². The third-order valence-electron chi connectivity index (χ3n) is 3.52. The van der Waals surface area contributed by atoms with Gasteiger partial charge in [-0.05, 0) is 19.0 Å². The highest BCUT2D eigenvalue weighted by atomic mass is 16.5. The van der Waals surface area contributed by atoms with E-state index in [4.69, 9.17) is 10.5 Å². The largest absolute Gasteiger partial charge is 0.496 e. The zero-order valence-corrected chi connectivity index (χ0v) is 12.2. The minimum absolute atomic E-state index is 0.0165. The molecule has 19 heavy (non-hydrogen) atoms. The van der Waals surface area contributed by atoms with Gasteiger partial charge in [0.15, 0.2) is 0 Å². The lowest BCUT2D eigenvalue weighted by Gasteiger charge is -2.35. The Bertz CT molecular complexity index is 371. The smallest absolute Gasteiger partial charge is 0.123 e. The summed E-state index contributed by atoms with van der Waals surface area (Å²) in [5.74, 6) is 0.854. The third kappa shape index (κ3) is 3.93. The Kier molecular flexibility index (Phi) is 6.84. The fraction of sp³-hybridized carbons (Fsp3) is 0.600. The van der Waals surface area contributed by atoms with Gasteiger partial charge in [0.25, 0.3) is 0 Å². The van der Waals surface area contributed by atoms with Gasteiger partial charge in [-0.25, -0.2) is 0 Å². The Labute approximate surface area is 116 Å². The second-order valence-corrected chi connectivity index (χ2v) is 4.61. The van der Waals surface area contributed by atoms with Crippen LogP contribution in [0.3, 0.4) is 0 Å². The van der Waals surface area contributed by atoms with Crippen LogP contribution in [0.5, 0.6) is 5.75 Å².